The summed E-state index contributed by atoms with van der Waals surface area (Å²) in [6.07, 6.45) is 0. The van der Waals surface area contributed by atoms with Crippen LogP contribution in [0.2, 0.25) is 0 Å². The second kappa shape index (κ2) is 5.72. The molecule has 0 bridgehead atoms. The summed E-state index contributed by atoms with van der Waals surface area (Å²) in [7, 11) is 0. The topological polar surface area (TPSA) is 73.6 Å². The van der Waals surface area contributed by atoms with Gasteiger partial charge in [0.25, 0.3) is 0 Å². The summed E-state index contributed by atoms with van der Waals surface area (Å²) in [4.78, 5) is 12.2. The first-order chi connectivity index (χ1) is 9.41. The van der Waals surface area contributed by atoms with E-state index in [9.17, 15) is 13.6 Å². The van der Waals surface area contributed by atoms with Gasteiger partial charge in [0.15, 0.2) is 0 Å². The molecule has 7 heteroatoms. The van der Waals surface area contributed by atoms with E-state index >= 15 is 0 Å². The van der Waals surface area contributed by atoms with Gasteiger partial charge in [0.05, 0.1) is 18.6 Å². The summed E-state index contributed by atoms with van der Waals surface area (Å²) in [5.41, 5.74) is 5.55. The van der Waals surface area contributed by atoms with Crippen LogP contribution in [0.3, 0.4) is 0 Å². The van der Waals surface area contributed by atoms with Gasteiger partial charge in [0, 0.05) is 11.7 Å². The van der Waals surface area contributed by atoms with Crippen LogP contribution in [0.4, 0.5) is 14.5 Å². The fourth-order valence-corrected chi connectivity index (χ4v) is 1.92. The number of ether oxygens (including phenoxy) is 2. The van der Waals surface area contributed by atoms with Crippen LogP contribution in [0.25, 0.3) is 0 Å². The van der Waals surface area contributed by atoms with Crippen molar-refractivity contribution in [1.82, 2.24) is 0 Å². The van der Waals surface area contributed by atoms with E-state index in [0.29, 0.717) is 12.3 Å². The average molecular weight is 286 g/mol. The Labute approximate surface area is 115 Å². The predicted octanol–water partition coefficient (Wildman–Crippen LogP) is 1.59. The van der Waals surface area contributed by atoms with Crippen LogP contribution >= 0.6 is 0 Å². The average Bonchev–Trinajstić information content (AvgIpc) is 2.73. The fourth-order valence-electron chi connectivity index (χ4n) is 1.92. The van der Waals surface area contributed by atoms with E-state index in [-0.39, 0.29) is 24.3 Å². The van der Waals surface area contributed by atoms with Crippen molar-refractivity contribution in [2.75, 3.05) is 18.5 Å². The molecule has 20 heavy (non-hydrogen) atoms. The standard InChI is InChI=1S/C13H16F2N2O3/c1-13(7-19-6-10(13)16)11(18)17-8-2-4-9(5-3-8)20-12(14)15/h2-5,10,12H,6-7,16H2,1H3,(H,17,18). The number of nitrogens with two attached hydrogens (primary N) is 1. The van der Waals surface area contributed by atoms with E-state index in [1.54, 1.807) is 6.92 Å². The zero-order valence-electron chi connectivity index (χ0n) is 10.9. The number of benzene rings is 1. The SMILES string of the molecule is CC1(C(=O)Nc2ccc(OC(F)F)cc2)COCC1N. The maximum atomic E-state index is 12.2. The van der Waals surface area contributed by atoms with Gasteiger partial charge >= 0.3 is 6.61 Å². The first-order valence-electron chi connectivity index (χ1n) is 6.11. The third kappa shape index (κ3) is 3.05. The number of carbonyl (C=O) groups excluding carboxylic acids is 1. The third-order valence-electron chi connectivity index (χ3n) is 3.37. The highest BCUT2D eigenvalue weighted by atomic mass is 19.3. The molecule has 0 aromatic heterocycles. The van der Waals surface area contributed by atoms with Gasteiger partial charge in [0.2, 0.25) is 5.91 Å². The van der Waals surface area contributed by atoms with E-state index in [0.717, 1.165) is 0 Å². The molecule has 1 amide bonds. The number of halogens is 2. The first-order valence-corrected chi connectivity index (χ1v) is 6.11. The summed E-state index contributed by atoms with van der Waals surface area (Å²) in [5.74, 6) is -0.227. The lowest BCUT2D eigenvalue weighted by molar-refractivity contribution is -0.125. The highest BCUT2D eigenvalue weighted by Crippen LogP contribution is 2.29. The molecule has 1 saturated heterocycles. The Morgan fingerprint density at radius 1 is 1.50 bits per heavy atom. The van der Waals surface area contributed by atoms with Gasteiger partial charge in [-0.2, -0.15) is 8.78 Å². The van der Waals surface area contributed by atoms with E-state index in [1.807, 2.05) is 0 Å². The Morgan fingerprint density at radius 3 is 2.65 bits per heavy atom. The number of alkyl halides is 2. The van der Waals surface area contributed by atoms with Crippen molar-refractivity contribution in [3.8, 4) is 5.75 Å². The van der Waals surface area contributed by atoms with Gasteiger partial charge in [-0.05, 0) is 31.2 Å². The van der Waals surface area contributed by atoms with Crippen molar-refractivity contribution in [1.29, 1.82) is 0 Å². The van der Waals surface area contributed by atoms with E-state index in [2.05, 4.69) is 10.1 Å². The molecular formula is C13H16F2N2O3. The molecule has 0 spiro atoms. The molecule has 0 aliphatic carbocycles. The Kier molecular flexibility index (Phi) is 4.20. The monoisotopic (exact) mass is 286 g/mol. The molecule has 1 aliphatic heterocycles. The molecule has 5 nitrogen and oxygen atoms in total. The van der Waals surface area contributed by atoms with Crippen LogP contribution in [0.1, 0.15) is 6.92 Å². The van der Waals surface area contributed by atoms with Gasteiger partial charge in [-0.15, -0.1) is 0 Å². The summed E-state index contributed by atoms with van der Waals surface area (Å²) in [6, 6.07) is 5.31. The van der Waals surface area contributed by atoms with Gasteiger partial charge in [-0.1, -0.05) is 0 Å². The fraction of sp³-hybridized carbons (Fsp3) is 0.462. The van der Waals surface area contributed by atoms with E-state index in [1.165, 1.54) is 24.3 Å². The lowest BCUT2D eigenvalue weighted by Crippen LogP contribution is -2.47. The summed E-state index contributed by atoms with van der Waals surface area (Å²) in [5, 5.41) is 2.69. The minimum Gasteiger partial charge on any atom is -0.435 e. The molecule has 1 aromatic carbocycles. The molecule has 2 atom stereocenters. The number of hydrogen-bond acceptors (Lipinski definition) is 4. The Bertz CT molecular complexity index is 481. The van der Waals surface area contributed by atoms with E-state index in [4.69, 9.17) is 10.5 Å². The Morgan fingerprint density at radius 2 is 2.15 bits per heavy atom. The molecule has 3 N–H and O–H groups in total. The second-order valence-corrected chi connectivity index (χ2v) is 4.90. The number of hydrogen-bond donors (Lipinski definition) is 2. The van der Waals surface area contributed by atoms with Crippen molar-refractivity contribution in [2.45, 2.75) is 19.6 Å². The summed E-state index contributed by atoms with van der Waals surface area (Å²) in [6.45, 7) is -0.547. The Balaban J connectivity index is 2.01. The van der Waals surface area contributed by atoms with E-state index < -0.39 is 12.0 Å². The highest BCUT2D eigenvalue weighted by molar-refractivity contribution is 5.96. The van der Waals surface area contributed by atoms with Crippen LogP contribution in [-0.2, 0) is 9.53 Å². The van der Waals surface area contributed by atoms with Crippen LogP contribution in [-0.4, -0.2) is 31.8 Å². The Hall–Kier alpha value is -1.73. The van der Waals surface area contributed by atoms with Crippen molar-refractivity contribution < 1.29 is 23.0 Å². The molecular weight excluding hydrogens is 270 g/mol. The zero-order valence-corrected chi connectivity index (χ0v) is 10.9. The summed E-state index contributed by atoms with van der Waals surface area (Å²) >= 11 is 0. The number of rotatable bonds is 4. The highest BCUT2D eigenvalue weighted by Gasteiger charge is 2.44. The molecule has 1 aromatic rings. The maximum absolute atomic E-state index is 12.2. The quantitative estimate of drug-likeness (QED) is 0.881. The summed E-state index contributed by atoms with van der Waals surface area (Å²) < 4.78 is 33.4. The maximum Gasteiger partial charge on any atom is 0.387 e. The van der Waals surface area contributed by atoms with Crippen molar-refractivity contribution in [2.24, 2.45) is 11.1 Å². The van der Waals surface area contributed by atoms with Gasteiger partial charge in [-0.25, -0.2) is 0 Å². The molecule has 110 valence electrons. The minimum absolute atomic E-state index is 0.0325. The van der Waals surface area contributed by atoms with Crippen LogP contribution in [0.15, 0.2) is 24.3 Å². The van der Waals surface area contributed by atoms with Crippen molar-refractivity contribution >= 4 is 11.6 Å². The number of amides is 1. The molecule has 1 heterocycles. The number of carbonyl (C=O) groups is 1. The van der Waals surface area contributed by atoms with Crippen molar-refractivity contribution in [3.05, 3.63) is 24.3 Å². The molecule has 2 unspecified atom stereocenters. The normalized spacial score (nSPS) is 25.8. The number of anilines is 1. The molecule has 1 fully saturated rings. The first kappa shape index (κ1) is 14.7. The van der Waals surface area contributed by atoms with Crippen molar-refractivity contribution in [3.63, 3.8) is 0 Å². The third-order valence-corrected chi connectivity index (χ3v) is 3.37. The largest absolute Gasteiger partial charge is 0.435 e. The predicted molar refractivity (Wildman–Crippen MR) is 68.6 cm³/mol. The van der Waals surface area contributed by atoms with Crippen LogP contribution in [0.5, 0.6) is 5.75 Å². The lowest BCUT2D eigenvalue weighted by Gasteiger charge is -2.25. The van der Waals surface area contributed by atoms with Crippen LogP contribution in [0, 0.1) is 5.41 Å². The van der Waals surface area contributed by atoms with Gasteiger partial charge in [-0.3, -0.25) is 4.79 Å². The zero-order chi connectivity index (χ0) is 14.8. The second-order valence-electron chi connectivity index (χ2n) is 4.90. The lowest BCUT2D eigenvalue weighted by atomic mass is 9.85. The van der Waals surface area contributed by atoms with Crippen LogP contribution < -0.4 is 15.8 Å². The smallest absolute Gasteiger partial charge is 0.387 e. The molecule has 2 rings (SSSR count). The minimum atomic E-state index is -2.87. The molecule has 0 saturated carbocycles. The molecule has 0 radical (unpaired) electrons. The van der Waals surface area contributed by atoms with Gasteiger partial charge in [0.1, 0.15) is 5.75 Å². The number of nitrogens with one attached hydrogen (secondary N) is 1. The molecule has 1 aliphatic rings. The van der Waals surface area contributed by atoms with Gasteiger partial charge < -0.3 is 20.5 Å².